The Balaban J connectivity index is 1.49. The van der Waals surface area contributed by atoms with Gasteiger partial charge in [-0.3, -0.25) is 9.36 Å². The second-order valence-electron chi connectivity index (χ2n) is 7.11. The number of benzene rings is 3. The first-order chi connectivity index (χ1) is 16.5. The standard InChI is InChI=1S/C24H21ClFN5O2S/c1-33-21-12-7-16(25)13-20(21)28-23(32)15-34-24-30-29-22(31(24)19-5-3-2-4-6-19)14-27-18-10-8-17(26)9-11-18/h2-13,27H,14-15H2,1H3,(H,28,32). The van der Waals surface area contributed by atoms with E-state index in [-0.39, 0.29) is 17.5 Å². The SMILES string of the molecule is COc1ccc(Cl)cc1NC(=O)CSc1nnc(CNc2ccc(F)cc2)n1-c1ccccc1. The van der Waals surface area contributed by atoms with Crippen molar-refractivity contribution < 1.29 is 13.9 Å². The molecule has 0 aliphatic carbocycles. The third-order valence-electron chi connectivity index (χ3n) is 4.78. The average molecular weight is 498 g/mol. The lowest BCUT2D eigenvalue weighted by Crippen LogP contribution is -2.15. The van der Waals surface area contributed by atoms with Crippen LogP contribution >= 0.6 is 23.4 Å². The molecule has 174 valence electrons. The lowest BCUT2D eigenvalue weighted by molar-refractivity contribution is -0.113. The van der Waals surface area contributed by atoms with Crippen LogP contribution in [0.4, 0.5) is 15.8 Å². The van der Waals surface area contributed by atoms with E-state index in [1.165, 1.54) is 31.0 Å². The molecule has 3 aromatic carbocycles. The van der Waals surface area contributed by atoms with Crippen LogP contribution in [0.25, 0.3) is 5.69 Å². The highest BCUT2D eigenvalue weighted by Crippen LogP contribution is 2.28. The molecule has 4 aromatic rings. The van der Waals surface area contributed by atoms with Gasteiger partial charge >= 0.3 is 0 Å². The van der Waals surface area contributed by atoms with Crippen molar-refractivity contribution in [1.82, 2.24) is 14.8 Å². The van der Waals surface area contributed by atoms with Gasteiger partial charge in [-0.15, -0.1) is 10.2 Å². The molecule has 10 heteroatoms. The molecular formula is C24H21ClFN5O2S. The molecule has 0 spiro atoms. The van der Waals surface area contributed by atoms with Crippen molar-refractivity contribution in [2.24, 2.45) is 0 Å². The number of halogens is 2. The Morgan fingerprint density at radius 3 is 2.59 bits per heavy atom. The fourth-order valence-electron chi connectivity index (χ4n) is 3.19. The summed E-state index contributed by atoms with van der Waals surface area (Å²) in [6.45, 7) is 0.361. The first-order valence-corrected chi connectivity index (χ1v) is 11.6. The van der Waals surface area contributed by atoms with Gasteiger partial charge in [-0.25, -0.2) is 4.39 Å². The van der Waals surface area contributed by atoms with Crippen LogP contribution in [0.1, 0.15) is 5.82 Å². The Bertz CT molecular complexity index is 1270. The van der Waals surface area contributed by atoms with Crippen LogP contribution in [-0.4, -0.2) is 33.5 Å². The fraction of sp³-hybridized carbons (Fsp3) is 0.125. The third kappa shape index (κ3) is 5.86. The molecule has 0 saturated heterocycles. The number of hydrogen-bond donors (Lipinski definition) is 2. The van der Waals surface area contributed by atoms with Gasteiger partial charge in [-0.1, -0.05) is 41.6 Å². The molecule has 0 bridgehead atoms. The van der Waals surface area contributed by atoms with E-state index in [1.807, 2.05) is 34.9 Å². The van der Waals surface area contributed by atoms with Crippen LogP contribution in [0.2, 0.25) is 5.02 Å². The molecule has 0 radical (unpaired) electrons. The second-order valence-corrected chi connectivity index (χ2v) is 8.49. The van der Waals surface area contributed by atoms with Gasteiger partial charge in [-0.2, -0.15) is 0 Å². The number of aromatic nitrogens is 3. The van der Waals surface area contributed by atoms with Gasteiger partial charge < -0.3 is 15.4 Å². The van der Waals surface area contributed by atoms with Crippen molar-refractivity contribution in [2.75, 3.05) is 23.5 Å². The van der Waals surface area contributed by atoms with E-state index in [9.17, 15) is 9.18 Å². The highest BCUT2D eigenvalue weighted by molar-refractivity contribution is 7.99. The highest BCUT2D eigenvalue weighted by atomic mass is 35.5. The first-order valence-electron chi connectivity index (χ1n) is 10.3. The predicted octanol–water partition coefficient (Wildman–Crippen LogP) is 5.41. The number of hydrogen-bond acceptors (Lipinski definition) is 6. The summed E-state index contributed by atoms with van der Waals surface area (Å²) in [4.78, 5) is 12.6. The van der Waals surface area contributed by atoms with Gasteiger partial charge in [-0.05, 0) is 54.6 Å². The molecule has 0 atom stereocenters. The fourth-order valence-corrected chi connectivity index (χ4v) is 4.13. The normalized spacial score (nSPS) is 10.7. The molecule has 0 fully saturated rings. The summed E-state index contributed by atoms with van der Waals surface area (Å²) in [5.41, 5.74) is 2.12. The summed E-state index contributed by atoms with van der Waals surface area (Å²) in [7, 11) is 1.53. The molecule has 2 N–H and O–H groups in total. The maximum absolute atomic E-state index is 13.2. The Hall–Kier alpha value is -3.56. The molecule has 0 aliphatic rings. The number of carbonyl (C=O) groups excluding carboxylic acids is 1. The smallest absolute Gasteiger partial charge is 0.234 e. The number of rotatable bonds is 9. The molecule has 1 heterocycles. The number of amides is 1. The van der Waals surface area contributed by atoms with E-state index in [0.717, 1.165) is 11.4 Å². The number of nitrogens with one attached hydrogen (secondary N) is 2. The molecule has 34 heavy (non-hydrogen) atoms. The Morgan fingerprint density at radius 2 is 1.85 bits per heavy atom. The number of anilines is 2. The van der Waals surface area contributed by atoms with Crippen molar-refractivity contribution in [2.45, 2.75) is 11.7 Å². The van der Waals surface area contributed by atoms with Gasteiger partial charge in [0.15, 0.2) is 11.0 Å². The number of para-hydroxylation sites is 1. The van der Waals surface area contributed by atoms with Crippen LogP contribution in [0, 0.1) is 5.82 Å². The zero-order chi connectivity index (χ0) is 23.9. The van der Waals surface area contributed by atoms with Gasteiger partial charge in [0.05, 0.1) is 25.1 Å². The number of methoxy groups -OCH3 is 1. The summed E-state index contributed by atoms with van der Waals surface area (Å²) >= 11 is 7.30. The number of thioether (sulfide) groups is 1. The van der Waals surface area contributed by atoms with Crippen molar-refractivity contribution in [3.8, 4) is 11.4 Å². The number of carbonyl (C=O) groups is 1. The van der Waals surface area contributed by atoms with E-state index in [1.54, 1.807) is 30.3 Å². The zero-order valence-corrected chi connectivity index (χ0v) is 19.7. The molecule has 4 rings (SSSR count). The summed E-state index contributed by atoms with van der Waals surface area (Å²) < 4.78 is 20.3. The number of ether oxygens (including phenoxy) is 1. The Labute approximate surface area is 205 Å². The zero-order valence-electron chi connectivity index (χ0n) is 18.2. The molecule has 0 aliphatic heterocycles. The van der Waals surface area contributed by atoms with E-state index in [0.29, 0.717) is 34.0 Å². The summed E-state index contributed by atoms with van der Waals surface area (Å²) in [6, 6.07) is 20.7. The van der Waals surface area contributed by atoms with Gasteiger partial charge in [0.1, 0.15) is 11.6 Å². The molecule has 0 saturated carbocycles. The van der Waals surface area contributed by atoms with Crippen molar-refractivity contribution in [3.63, 3.8) is 0 Å². The summed E-state index contributed by atoms with van der Waals surface area (Å²) in [5.74, 6) is 0.732. The predicted molar refractivity (Wildman–Crippen MR) is 132 cm³/mol. The lowest BCUT2D eigenvalue weighted by atomic mass is 10.3. The highest BCUT2D eigenvalue weighted by Gasteiger charge is 2.17. The van der Waals surface area contributed by atoms with Crippen molar-refractivity contribution >= 4 is 40.6 Å². The first kappa shape index (κ1) is 23.6. The lowest BCUT2D eigenvalue weighted by Gasteiger charge is -2.12. The summed E-state index contributed by atoms with van der Waals surface area (Å²) in [5, 5.41) is 15.7. The van der Waals surface area contributed by atoms with Crippen molar-refractivity contribution in [1.29, 1.82) is 0 Å². The maximum atomic E-state index is 13.2. The molecule has 1 amide bonds. The average Bonchev–Trinajstić information content (AvgIpc) is 3.26. The van der Waals surface area contributed by atoms with Crippen LogP contribution < -0.4 is 15.4 Å². The molecule has 1 aromatic heterocycles. The van der Waals surface area contributed by atoms with Crippen LogP contribution in [0.15, 0.2) is 78.0 Å². The van der Waals surface area contributed by atoms with E-state index < -0.39 is 0 Å². The maximum Gasteiger partial charge on any atom is 0.234 e. The van der Waals surface area contributed by atoms with Gasteiger partial charge in [0, 0.05) is 16.4 Å². The van der Waals surface area contributed by atoms with E-state index in [2.05, 4.69) is 20.8 Å². The topological polar surface area (TPSA) is 81.1 Å². The van der Waals surface area contributed by atoms with Gasteiger partial charge in [0.25, 0.3) is 0 Å². The molecule has 0 unspecified atom stereocenters. The van der Waals surface area contributed by atoms with Crippen LogP contribution in [0.5, 0.6) is 5.75 Å². The van der Waals surface area contributed by atoms with E-state index in [4.69, 9.17) is 16.3 Å². The van der Waals surface area contributed by atoms with Gasteiger partial charge in [0.2, 0.25) is 5.91 Å². The monoisotopic (exact) mass is 497 g/mol. The molecular weight excluding hydrogens is 477 g/mol. The Morgan fingerprint density at radius 1 is 1.09 bits per heavy atom. The van der Waals surface area contributed by atoms with E-state index >= 15 is 0 Å². The largest absolute Gasteiger partial charge is 0.495 e. The van der Waals surface area contributed by atoms with Crippen LogP contribution in [-0.2, 0) is 11.3 Å². The quantitative estimate of drug-likeness (QED) is 0.301. The second kappa shape index (κ2) is 11.0. The summed E-state index contributed by atoms with van der Waals surface area (Å²) in [6.07, 6.45) is 0. The minimum Gasteiger partial charge on any atom is -0.495 e. The minimum absolute atomic E-state index is 0.103. The Kier molecular flexibility index (Phi) is 7.66. The minimum atomic E-state index is -0.301. The number of nitrogens with zero attached hydrogens (tertiary/aromatic N) is 3. The van der Waals surface area contributed by atoms with Crippen LogP contribution in [0.3, 0.4) is 0 Å². The van der Waals surface area contributed by atoms with Crippen molar-refractivity contribution in [3.05, 3.63) is 89.5 Å². The third-order valence-corrected chi connectivity index (χ3v) is 5.94. The molecule has 7 nitrogen and oxygen atoms in total.